The van der Waals surface area contributed by atoms with Gasteiger partial charge in [0.15, 0.2) is 0 Å². The number of carboxylic acids is 4. The molecule has 4 N–H and O–H groups in total. The second kappa shape index (κ2) is 8.50. The van der Waals surface area contributed by atoms with Crippen molar-refractivity contribution in [3.8, 4) is 0 Å². The van der Waals surface area contributed by atoms with Crippen LogP contribution in [0.3, 0.4) is 0 Å². The van der Waals surface area contributed by atoms with Gasteiger partial charge in [0.1, 0.15) is 0 Å². The van der Waals surface area contributed by atoms with Crippen molar-refractivity contribution in [3.05, 3.63) is 0 Å². The Labute approximate surface area is 133 Å². The molecule has 0 amide bonds. The van der Waals surface area contributed by atoms with Crippen LogP contribution >= 0.6 is 0 Å². The Bertz CT molecular complexity index is 422. The van der Waals surface area contributed by atoms with Crippen LogP contribution in [0.15, 0.2) is 0 Å². The molecule has 130 valence electrons. The molecule has 2 unspecified atom stereocenters. The molecule has 0 saturated heterocycles. The summed E-state index contributed by atoms with van der Waals surface area (Å²) in [5.41, 5.74) is 0. The first-order chi connectivity index (χ1) is 10.7. The van der Waals surface area contributed by atoms with E-state index in [1.165, 1.54) is 0 Å². The molecule has 8 nitrogen and oxygen atoms in total. The molecule has 0 aliphatic heterocycles. The lowest BCUT2D eigenvalue weighted by Gasteiger charge is -2.22. The van der Waals surface area contributed by atoms with Crippen LogP contribution in [-0.4, -0.2) is 44.3 Å². The van der Waals surface area contributed by atoms with Gasteiger partial charge < -0.3 is 20.4 Å². The number of hydrogen-bond donors (Lipinski definition) is 4. The predicted octanol–water partition coefficient (Wildman–Crippen LogP) is 1.53. The van der Waals surface area contributed by atoms with Crippen LogP contribution in [0.4, 0.5) is 0 Å². The summed E-state index contributed by atoms with van der Waals surface area (Å²) >= 11 is 0. The van der Waals surface area contributed by atoms with Crippen molar-refractivity contribution in [1.82, 2.24) is 0 Å². The van der Waals surface area contributed by atoms with Crippen molar-refractivity contribution >= 4 is 23.9 Å². The molecule has 0 bridgehead atoms. The molecule has 0 heterocycles. The van der Waals surface area contributed by atoms with Gasteiger partial charge in [0.05, 0.1) is 23.7 Å². The van der Waals surface area contributed by atoms with Crippen molar-refractivity contribution in [2.75, 3.05) is 0 Å². The number of rotatable bonds is 4. The van der Waals surface area contributed by atoms with Gasteiger partial charge >= 0.3 is 23.9 Å². The third-order valence-corrected chi connectivity index (χ3v) is 4.56. The Kier molecular flexibility index (Phi) is 6.99. The van der Waals surface area contributed by atoms with Crippen molar-refractivity contribution in [3.63, 3.8) is 0 Å². The summed E-state index contributed by atoms with van der Waals surface area (Å²) in [7, 11) is 0. The summed E-state index contributed by atoms with van der Waals surface area (Å²) in [5, 5.41) is 34.3. The highest BCUT2D eigenvalue weighted by molar-refractivity contribution is 5.75. The summed E-state index contributed by atoms with van der Waals surface area (Å²) in [6.45, 7) is 0. The van der Waals surface area contributed by atoms with E-state index < -0.39 is 35.7 Å². The van der Waals surface area contributed by atoms with Crippen LogP contribution < -0.4 is 0 Å². The third-order valence-electron chi connectivity index (χ3n) is 4.56. The Hall–Kier alpha value is -2.12. The zero-order chi connectivity index (χ0) is 17.6. The summed E-state index contributed by atoms with van der Waals surface area (Å²) < 4.78 is 0. The van der Waals surface area contributed by atoms with Crippen molar-refractivity contribution in [2.24, 2.45) is 23.7 Å². The highest BCUT2D eigenvalue weighted by atomic mass is 16.4. The minimum atomic E-state index is -0.867. The van der Waals surface area contributed by atoms with Crippen LogP contribution in [0, 0.1) is 23.7 Å². The fourth-order valence-corrected chi connectivity index (χ4v) is 3.02. The first-order valence-electron chi connectivity index (χ1n) is 7.63. The SMILES string of the molecule is O=C(O)C1CCC(C(=O)O)C1.O=C(O)C1CCC(C(=O)O)CC1. The van der Waals surface area contributed by atoms with Gasteiger partial charge in [-0.15, -0.1) is 0 Å². The highest BCUT2D eigenvalue weighted by Gasteiger charge is 2.33. The van der Waals surface area contributed by atoms with Gasteiger partial charge in [-0.25, -0.2) is 0 Å². The Balaban J connectivity index is 0.000000231. The van der Waals surface area contributed by atoms with E-state index in [4.69, 9.17) is 20.4 Å². The van der Waals surface area contributed by atoms with Crippen LogP contribution in [-0.2, 0) is 19.2 Å². The largest absolute Gasteiger partial charge is 0.481 e. The molecule has 2 fully saturated rings. The zero-order valence-corrected chi connectivity index (χ0v) is 12.7. The first kappa shape index (κ1) is 18.9. The fraction of sp³-hybridized carbons (Fsp3) is 0.733. The molecule has 2 aliphatic carbocycles. The maximum absolute atomic E-state index is 10.5. The van der Waals surface area contributed by atoms with E-state index in [2.05, 4.69) is 0 Å². The van der Waals surface area contributed by atoms with E-state index in [1.54, 1.807) is 0 Å². The van der Waals surface area contributed by atoms with Crippen LogP contribution in [0.5, 0.6) is 0 Å². The van der Waals surface area contributed by atoms with E-state index in [0.29, 0.717) is 44.9 Å². The van der Waals surface area contributed by atoms with Crippen molar-refractivity contribution in [2.45, 2.75) is 44.9 Å². The normalized spacial score (nSPS) is 29.9. The van der Waals surface area contributed by atoms with Crippen molar-refractivity contribution in [1.29, 1.82) is 0 Å². The molecule has 2 atom stereocenters. The average molecular weight is 330 g/mol. The maximum Gasteiger partial charge on any atom is 0.306 e. The monoisotopic (exact) mass is 330 g/mol. The summed E-state index contributed by atoms with van der Waals surface area (Å²) in [6.07, 6.45) is 3.33. The second-order valence-corrected chi connectivity index (χ2v) is 6.11. The Morgan fingerprint density at radius 1 is 0.478 bits per heavy atom. The molecule has 0 aromatic carbocycles. The average Bonchev–Trinajstić information content (AvgIpc) is 2.98. The quantitative estimate of drug-likeness (QED) is 0.606. The van der Waals surface area contributed by atoms with E-state index in [9.17, 15) is 19.2 Å². The van der Waals surface area contributed by atoms with Crippen LogP contribution in [0.1, 0.15) is 44.9 Å². The van der Waals surface area contributed by atoms with Gasteiger partial charge in [0, 0.05) is 0 Å². The lowest BCUT2D eigenvalue weighted by atomic mass is 9.82. The minimum Gasteiger partial charge on any atom is -0.481 e. The van der Waals surface area contributed by atoms with Gasteiger partial charge in [-0.3, -0.25) is 19.2 Å². The predicted molar refractivity (Wildman–Crippen MR) is 76.8 cm³/mol. The van der Waals surface area contributed by atoms with E-state index in [0.717, 1.165) is 0 Å². The third kappa shape index (κ3) is 5.88. The molecule has 0 radical (unpaired) electrons. The molecule has 0 aromatic rings. The molecule has 0 spiro atoms. The number of carbonyl (C=O) groups is 4. The minimum absolute atomic E-state index is 0.296. The van der Waals surface area contributed by atoms with Gasteiger partial charge in [0.2, 0.25) is 0 Å². The van der Waals surface area contributed by atoms with Gasteiger partial charge in [-0.05, 0) is 44.9 Å². The maximum atomic E-state index is 10.5. The number of carboxylic acid groups (broad SMARTS) is 4. The zero-order valence-electron chi connectivity index (χ0n) is 12.7. The van der Waals surface area contributed by atoms with Gasteiger partial charge in [-0.2, -0.15) is 0 Å². The van der Waals surface area contributed by atoms with E-state index in [1.807, 2.05) is 0 Å². The fourth-order valence-electron chi connectivity index (χ4n) is 3.02. The summed E-state index contributed by atoms with van der Waals surface area (Å²) in [4.78, 5) is 41.7. The molecule has 23 heavy (non-hydrogen) atoms. The summed E-state index contributed by atoms with van der Waals surface area (Å²) in [5.74, 6) is -4.83. The summed E-state index contributed by atoms with van der Waals surface area (Å²) in [6, 6.07) is 0. The van der Waals surface area contributed by atoms with E-state index >= 15 is 0 Å². The topological polar surface area (TPSA) is 149 Å². The molecule has 2 rings (SSSR count). The van der Waals surface area contributed by atoms with Crippen molar-refractivity contribution < 1.29 is 39.6 Å². The molecule has 0 aromatic heterocycles. The Morgan fingerprint density at radius 2 is 0.696 bits per heavy atom. The number of hydrogen-bond acceptors (Lipinski definition) is 4. The Morgan fingerprint density at radius 3 is 0.870 bits per heavy atom. The lowest BCUT2D eigenvalue weighted by Crippen LogP contribution is -2.25. The van der Waals surface area contributed by atoms with Crippen LogP contribution in [0.2, 0.25) is 0 Å². The van der Waals surface area contributed by atoms with Crippen LogP contribution in [0.25, 0.3) is 0 Å². The first-order valence-corrected chi connectivity index (χ1v) is 7.63. The highest BCUT2D eigenvalue weighted by Crippen LogP contribution is 2.31. The molecular formula is C15H22O8. The molecule has 8 heteroatoms. The molecular weight excluding hydrogens is 308 g/mol. The smallest absolute Gasteiger partial charge is 0.306 e. The second-order valence-electron chi connectivity index (χ2n) is 6.11. The molecule has 2 saturated carbocycles. The van der Waals surface area contributed by atoms with Gasteiger partial charge in [-0.1, -0.05) is 0 Å². The van der Waals surface area contributed by atoms with E-state index in [-0.39, 0.29) is 11.8 Å². The lowest BCUT2D eigenvalue weighted by molar-refractivity contribution is -0.148. The number of aliphatic carboxylic acids is 4. The van der Waals surface area contributed by atoms with Gasteiger partial charge in [0.25, 0.3) is 0 Å². The standard InChI is InChI=1S/C8H12O4.C7H10O4/c9-7(10)5-1-2-6(4-3-5)8(11)12;8-6(9)4-1-2-5(3-4)7(10)11/h5-6H,1-4H2,(H,9,10)(H,11,12);4-5H,1-3H2,(H,8,9)(H,10,11). The molecule has 2 aliphatic rings.